The summed E-state index contributed by atoms with van der Waals surface area (Å²) >= 11 is 0. The lowest BCUT2D eigenvalue weighted by Gasteiger charge is -2.13. The Bertz CT molecular complexity index is 1110. The van der Waals surface area contributed by atoms with Gasteiger partial charge in [-0.3, -0.25) is 9.52 Å². The fourth-order valence-electron chi connectivity index (χ4n) is 2.45. The number of sulfonamides is 1. The van der Waals surface area contributed by atoms with Crippen LogP contribution in [-0.2, 0) is 10.0 Å². The van der Waals surface area contributed by atoms with Crippen molar-refractivity contribution in [3.05, 3.63) is 65.0 Å². The van der Waals surface area contributed by atoms with Crippen molar-refractivity contribution >= 4 is 15.7 Å². The monoisotopic (exact) mass is 387 g/mol. The van der Waals surface area contributed by atoms with Crippen LogP contribution in [-0.4, -0.2) is 32.8 Å². The number of nitrogens with one attached hydrogen (secondary N) is 2. The number of benzene rings is 2. The Hall–Kier alpha value is -3.33. The Labute approximate surface area is 155 Å². The van der Waals surface area contributed by atoms with E-state index >= 15 is 0 Å². The van der Waals surface area contributed by atoms with E-state index in [1.54, 1.807) is 30.3 Å². The molecular formula is C18H17N3O5S. The highest BCUT2D eigenvalue weighted by Gasteiger charge is 2.21. The summed E-state index contributed by atoms with van der Waals surface area (Å²) in [5.74, 6) is 0.701. The molecule has 27 heavy (non-hydrogen) atoms. The molecule has 1 aromatic heterocycles. The summed E-state index contributed by atoms with van der Waals surface area (Å²) in [4.78, 5) is 11.1. The number of ether oxygens (including phenoxy) is 2. The molecule has 3 rings (SSSR count). The van der Waals surface area contributed by atoms with Crippen molar-refractivity contribution in [1.29, 1.82) is 0 Å². The minimum Gasteiger partial charge on any atom is -0.497 e. The van der Waals surface area contributed by atoms with Gasteiger partial charge in [0.25, 0.3) is 15.6 Å². The van der Waals surface area contributed by atoms with Gasteiger partial charge in [-0.2, -0.15) is 5.10 Å². The molecule has 0 bridgehead atoms. The molecule has 0 amide bonds. The van der Waals surface area contributed by atoms with Crippen LogP contribution >= 0.6 is 0 Å². The molecule has 140 valence electrons. The van der Waals surface area contributed by atoms with E-state index in [-0.39, 0.29) is 16.2 Å². The first-order valence-electron chi connectivity index (χ1n) is 7.84. The van der Waals surface area contributed by atoms with Gasteiger partial charge in [-0.05, 0) is 36.4 Å². The molecule has 8 nitrogen and oxygen atoms in total. The number of aromatic amines is 1. The highest BCUT2D eigenvalue weighted by Crippen LogP contribution is 2.30. The van der Waals surface area contributed by atoms with E-state index < -0.39 is 10.0 Å². The van der Waals surface area contributed by atoms with Crippen LogP contribution in [0.25, 0.3) is 11.3 Å². The van der Waals surface area contributed by atoms with Crippen LogP contribution in [0.2, 0.25) is 0 Å². The summed E-state index contributed by atoms with van der Waals surface area (Å²) in [6.07, 6.45) is 0. The summed E-state index contributed by atoms with van der Waals surface area (Å²) in [7, 11) is -1.07. The number of nitrogens with zero attached hydrogens (tertiary/aromatic N) is 1. The number of H-pyrrole nitrogens is 1. The maximum Gasteiger partial charge on any atom is 0.265 e. The quantitative estimate of drug-likeness (QED) is 0.671. The SMILES string of the molecule is COc1cccc(NS(=O)(=O)c2cc(-c3ccc(=O)[nH]n3)ccc2OC)c1. The van der Waals surface area contributed by atoms with E-state index in [0.717, 1.165) is 0 Å². The molecule has 0 radical (unpaired) electrons. The minimum absolute atomic E-state index is 0.0571. The zero-order valence-electron chi connectivity index (χ0n) is 14.6. The molecule has 0 unspecified atom stereocenters. The third-order valence-electron chi connectivity index (χ3n) is 3.75. The van der Waals surface area contributed by atoms with Gasteiger partial charge in [0.1, 0.15) is 16.4 Å². The molecule has 0 aliphatic rings. The van der Waals surface area contributed by atoms with Crippen LogP contribution in [0.3, 0.4) is 0 Å². The average molecular weight is 387 g/mol. The first-order chi connectivity index (χ1) is 12.9. The number of hydrogen-bond acceptors (Lipinski definition) is 6. The van der Waals surface area contributed by atoms with E-state index in [9.17, 15) is 13.2 Å². The van der Waals surface area contributed by atoms with Gasteiger partial charge in [-0.15, -0.1) is 0 Å². The molecule has 0 aliphatic heterocycles. The second-order valence-corrected chi connectivity index (χ2v) is 7.16. The lowest BCUT2D eigenvalue weighted by atomic mass is 10.1. The molecule has 0 atom stereocenters. The molecule has 1 heterocycles. The molecule has 3 aromatic rings. The van der Waals surface area contributed by atoms with E-state index in [1.165, 1.54) is 38.5 Å². The second kappa shape index (κ2) is 7.50. The second-order valence-electron chi connectivity index (χ2n) is 5.51. The van der Waals surface area contributed by atoms with Crippen molar-refractivity contribution in [2.75, 3.05) is 18.9 Å². The third kappa shape index (κ3) is 4.09. The minimum atomic E-state index is -3.95. The van der Waals surface area contributed by atoms with Gasteiger partial charge in [0.05, 0.1) is 25.6 Å². The summed E-state index contributed by atoms with van der Waals surface area (Å²) in [6, 6.07) is 14.0. The standard InChI is InChI=1S/C18H17N3O5S/c1-25-14-5-3-4-13(11-14)21-27(23,24)17-10-12(6-8-16(17)26-2)15-7-9-18(22)20-19-15/h3-11,21H,1-2H3,(H,20,22). The highest BCUT2D eigenvalue weighted by molar-refractivity contribution is 7.92. The first kappa shape index (κ1) is 18.5. The lowest BCUT2D eigenvalue weighted by Crippen LogP contribution is -2.14. The van der Waals surface area contributed by atoms with Crippen LogP contribution in [0.1, 0.15) is 0 Å². The Morgan fingerprint density at radius 2 is 1.81 bits per heavy atom. The fraction of sp³-hybridized carbons (Fsp3) is 0.111. The topological polar surface area (TPSA) is 110 Å². The number of hydrogen-bond donors (Lipinski definition) is 2. The summed E-state index contributed by atoms with van der Waals surface area (Å²) in [6.45, 7) is 0. The number of rotatable bonds is 6. The van der Waals surface area contributed by atoms with Crippen molar-refractivity contribution in [3.63, 3.8) is 0 Å². The number of aromatic nitrogens is 2. The van der Waals surface area contributed by atoms with E-state index in [4.69, 9.17) is 9.47 Å². The Balaban J connectivity index is 2.03. The van der Waals surface area contributed by atoms with Gasteiger partial charge in [0.15, 0.2) is 0 Å². The molecular weight excluding hydrogens is 370 g/mol. The van der Waals surface area contributed by atoms with Gasteiger partial charge in [-0.1, -0.05) is 6.07 Å². The summed E-state index contributed by atoms with van der Waals surface area (Å²) in [5.41, 5.74) is 0.942. The van der Waals surface area contributed by atoms with E-state index in [0.29, 0.717) is 22.7 Å². The smallest absolute Gasteiger partial charge is 0.265 e. The van der Waals surface area contributed by atoms with Crippen LogP contribution in [0.4, 0.5) is 5.69 Å². The van der Waals surface area contributed by atoms with Gasteiger partial charge in [0, 0.05) is 17.7 Å². The largest absolute Gasteiger partial charge is 0.497 e. The molecule has 0 aliphatic carbocycles. The molecule has 9 heteroatoms. The van der Waals surface area contributed by atoms with Gasteiger partial charge < -0.3 is 9.47 Å². The third-order valence-corrected chi connectivity index (χ3v) is 5.15. The maximum absolute atomic E-state index is 12.9. The Morgan fingerprint density at radius 1 is 1.00 bits per heavy atom. The van der Waals surface area contributed by atoms with Crippen LogP contribution < -0.4 is 19.8 Å². The van der Waals surface area contributed by atoms with Gasteiger partial charge >= 0.3 is 0 Å². The predicted octanol–water partition coefficient (Wildman–Crippen LogP) is 2.25. The molecule has 0 saturated heterocycles. The van der Waals surface area contributed by atoms with E-state index in [1.807, 2.05) is 0 Å². The first-order valence-corrected chi connectivity index (χ1v) is 9.32. The summed E-state index contributed by atoms with van der Waals surface area (Å²) < 4.78 is 38.6. The molecule has 0 spiro atoms. The van der Waals surface area contributed by atoms with Gasteiger partial charge in [0.2, 0.25) is 0 Å². The molecule has 2 aromatic carbocycles. The van der Waals surface area contributed by atoms with Crippen molar-refractivity contribution in [2.45, 2.75) is 4.90 Å². The lowest BCUT2D eigenvalue weighted by molar-refractivity contribution is 0.403. The fourth-order valence-corrected chi connectivity index (χ4v) is 3.69. The van der Waals surface area contributed by atoms with Crippen LogP contribution in [0, 0.1) is 0 Å². The number of anilines is 1. The zero-order chi connectivity index (χ0) is 19.4. The molecule has 0 fully saturated rings. The van der Waals surface area contributed by atoms with Crippen LogP contribution in [0.15, 0.2) is 64.3 Å². The van der Waals surface area contributed by atoms with E-state index in [2.05, 4.69) is 14.9 Å². The Morgan fingerprint density at radius 3 is 2.48 bits per heavy atom. The average Bonchev–Trinajstić information content (AvgIpc) is 2.68. The van der Waals surface area contributed by atoms with Crippen molar-refractivity contribution in [2.24, 2.45) is 0 Å². The van der Waals surface area contributed by atoms with Crippen molar-refractivity contribution in [3.8, 4) is 22.8 Å². The van der Waals surface area contributed by atoms with Crippen molar-refractivity contribution < 1.29 is 17.9 Å². The van der Waals surface area contributed by atoms with Gasteiger partial charge in [-0.25, -0.2) is 13.5 Å². The summed E-state index contributed by atoms with van der Waals surface area (Å²) in [5, 5.41) is 6.25. The highest BCUT2D eigenvalue weighted by atomic mass is 32.2. The molecule has 2 N–H and O–H groups in total. The molecule has 0 saturated carbocycles. The van der Waals surface area contributed by atoms with Crippen molar-refractivity contribution in [1.82, 2.24) is 10.2 Å². The maximum atomic E-state index is 12.9. The van der Waals surface area contributed by atoms with Crippen LogP contribution in [0.5, 0.6) is 11.5 Å². The normalized spacial score (nSPS) is 11.0. The predicted molar refractivity (Wildman–Crippen MR) is 101 cm³/mol. The zero-order valence-corrected chi connectivity index (χ0v) is 15.4. The Kier molecular flexibility index (Phi) is 5.13. The number of methoxy groups -OCH3 is 2.